The van der Waals surface area contributed by atoms with Crippen molar-refractivity contribution in [2.75, 3.05) is 13.1 Å². The van der Waals surface area contributed by atoms with Gasteiger partial charge in [0.15, 0.2) is 0 Å². The first-order valence-electron chi connectivity index (χ1n) is 9.76. The summed E-state index contributed by atoms with van der Waals surface area (Å²) in [6.07, 6.45) is 8.03. The van der Waals surface area contributed by atoms with Gasteiger partial charge < -0.3 is 14.5 Å². The molecule has 1 aromatic heterocycles. The Labute approximate surface area is 154 Å². The zero-order chi connectivity index (χ0) is 18.1. The number of amides is 2. The van der Waals surface area contributed by atoms with E-state index in [0.29, 0.717) is 17.8 Å². The van der Waals surface area contributed by atoms with Crippen LogP contribution in [0.15, 0.2) is 24.4 Å². The van der Waals surface area contributed by atoms with E-state index < -0.39 is 0 Å². The van der Waals surface area contributed by atoms with E-state index >= 15 is 0 Å². The number of ether oxygens (including phenoxy) is 1. The van der Waals surface area contributed by atoms with Crippen molar-refractivity contribution in [2.45, 2.75) is 69.7 Å². The molecule has 0 aromatic carbocycles. The van der Waals surface area contributed by atoms with E-state index in [0.717, 1.165) is 51.6 Å². The lowest BCUT2D eigenvalue weighted by molar-refractivity contribution is -0.138. The molecule has 0 saturated carbocycles. The molecule has 6 nitrogen and oxygen atoms in total. The number of hydrogen-bond acceptors (Lipinski definition) is 4. The maximum atomic E-state index is 12.5. The third-order valence-corrected chi connectivity index (χ3v) is 6.05. The lowest BCUT2D eigenvalue weighted by Gasteiger charge is -2.40. The highest BCUT2D eigenvalue weighted by Gasteiger charge is 2.43. The lowest BCUT2D eigenvalue weighted by atomic mass is 9.98. The van der Waals surface area contributed by atoms with Crippen LogP contribution in [0.3, 0.4) is 0 Å². The molecule has 0 spiro atoms. The molecule has 4 heterocycles. The highest BCUT2D eigenvalue weighted by atomic mass is 16.5. The summed E-state index contributed by atoms with van der Waals surface area (Å²) in [5.41, 5.74) is 0.514. The molecule has 6 heteroatoms. The van der Waals surface area contributed by atoms with E-state index in [-0.39, 0.29) is 24.0 Å². The summed E-state index contributed by atoms with van der Waals surface area (Å²) in [4.78, 5) is 32.4. The maximum Gasteiger partial charge on any atom is 0.272 e. The van der Waals surface area contributed by atoms with Gasteiger partial charge in [-0.15, -0.1) is 0 Å². The van der Waals surface area contributed by atoms with Crippen LogP contribution in [0.2, 0.25) is 0 Å². The van der Waals surface area contributed by atoms with E-state index in [4.69, 9.17) is 4.74 Å². The molecule has 3 aliphatic rings. The first kappa shape index (κ1) is 17.5. The van der Waals surface area contributed by atoms with Crippen molar-refractivity contribution in [1.82, 2.24) is 14.8 Å². The van der Waals surface area contributed by atoms with Crippen LogP contribution in [-0.2, 0) is 9.53 Å². The second kappa shape index (κ2) is 7.35. The van der Waals surface area contributed by atoms with Crippen molar-refractivity contribution in [3.63, 3.8) is 0 Å². The number of likely N-dealkylation sites (tertiary alicyclic amines) is 1. The topological polar surface area (TPSA) is 62.7 Å². The van der Waals surface area contributed by atoms with Crippen LogP contribution >= 0.6 is 0 Å². The summed E-state index contributed by atoms with van der Waals surface area (Å²) in [6.45, 7) is 3.12. The average molecular weight is 357 g/mol. The number of piperidine rings is 2. The Kier molecular flexibility index (Phi) is 4.94. The maximum absolute atomic E-state index is 12.5. The van der Waals surface area contributed by atoms with Crippen LogP contribution in [-0.4, -0.2) is 64.0 Å². The quantitative estimate of drug-likeness (QED) is 0.832. The van der Waals surface area contributed by atoms with Gasteiger partial charge in [-0.25, -0.2) is 0 Å². The van der Waals surface area contributed by atoms with Crippen LogP contribution in [0.25, 0.3) is 0 Å². The Balaban J connectivity index is 1.27. The minimum atomic E-state index is 0.0110. The van der Waals surface area contributed by atoms with Gasteiger partial charge in [-0.2, -0.15) is 0 Å². The number of carbonyl (C=O) groups excluding carboxylic acids is 2. The predicted molar refractivity (Wildman–Crippen MR) is 96.6 cm³/mol. The van der Waals surface area contributed by atoms with Gasteiger partial charge in [0.2, 0.25) is 5.91 Å². The lowest BCUT2D eigenvalue weighted by Crippen LogP contribution is -2.49. The minimum Gasteiger partial charge on any atom is -0.375 e. The number of rotatable bonds is 3. The summed E-state index contributed by atoms with van der Waals surface area (Å²) in [6, 6.07) is 6.16. The Morgan fingerprint density at radius 2 is 1.73 bits per heavy atom. The number of fused-ring (bicyclic) bond motifs is 2. The number of hydrogen-bond donors (Lipinski definition) is 0. The molecule has 1 unspecified atom stereocenters. The van der Waals surface area contributed by atoms with Gasteiger partial charge in [0, 0.05) is 38.3 Å². The fourth-order valence-corrected chi connectivity index (χ4v) is 4.87. The highest BCUT2D eigenvalue weighted by Crippen LogP contribution is 2.37. The Morgan fingerprint density at radius 1 is 1.04 bits per heavy atom. The molecule has 3 atom stereocenters. The van der Waals surface area contributed by atoms with Crippen LogP contribution in [0.4, 0.5) is 0 Å². The van der Waals surface area contributed by atoms with Crippen molar-refractivity contribution in [2.24, 2.45) is 0 Å². The van der Waals surface area contributed by atoms with Crippen molar-refractivity contribution in [3.05, 3.63) is 30.1 Å². The number of nitrogens with zero attached hydrogens (tertiary/aromatic N) is 3. The summed E-state index contributed by atoms with van der Waals surface area (Å²) < 4.78 is 6.38. The molecule has 0 radical (unpaired) electrons. The van der Waals surface area contributed by atoms with Crippen LogP contribution < -0.4 is 0 Å². The molecule has 26 heavy (non-hydrogen) atoms. The second-order valence-electron chi connectivity index (χ2n) is 7.75. The third-order valence-electron chi connectivity index (χ3n) is 6.05. The summed E-state index contributed by atoms with van der Waals surface area (Å²) in [5, 5.41) is 0. The molecule has 3 saturated heterocycles. The zero-order valence-electron chi connectivity index (χ0n) is 15.3. The van der Waals surface area contributed by atoms with Crippen LogP contribution in [0.1, 0.15) is 55.9 Å². The number of pyridine rings is 1. The molecule has 0 aliphatic carbocycles. The fraction of sp³-hybridized carbons (Fsp3) is 0.650. The molecule has 140 valence electrons. The Morgan fingerprint density at radius 3 is 2.31 bits per heavy atom. The SMILES string of the molecule is CC(=O)N1[C@@H]2CC[C@H]1CC(OC1CCN(C(=O)c3ccccn3)CC1)C2. The second-order valence-corrected chi connectivity index (χ2v) is 7.75. The van der Waals surface area contributed by atoms with Crippen LogP contribution in [0, 0.1) is 0 Å². The first-order valence-corrected chi connectivity index (χ1v) is 9.76. The summed E-state index contributed by atoms with van der Waals surface area (Å²) >= 11 is 0. The fourth-order valence-electron chi connectivity index (χ4n) is 4.87. The highest BCUT2D eigenvalue weighted by molar-refractivity contribution is 5.92. The van der Waals surface area contributed by atoms with Crippen molar-refractivity contribution in [3.8, 4) is 0 Å². The van der Waals surface area contributed by atoms with Gasteiger partial charge in [0.1, 0.15) is 5.69 Å². The first-order chi connectivity index (χ1) is 12.6. The standard InChI is InChI=1S/C20H27N3O3/c1-14(24)23-15-5-6-16(23)13-18(12-15)26-17-7-10-22(11-8-17)20(25)19-4-2-3-9-21-19/h2-4,9,15-18H,5-8,10-13H2,1H3/t15-,16+,18?. The Hall–Kier alpha value is -1.95. The van der Waals surface area contributed by atoms with Crippen LogP contribution in [0.5, 0.6) is 0 Å². The summed E-state index contributed by atoms with van der Waals surface area (Å²) in [5.74, 6) is 0.217. The van der Waals surface area contributed by atoms with Gasteiger partial charge in [0.25, 0.3) is 5.91 Å². The molecular weight excluding hydrogens is 330 g/mol. The molecule has 2 bridgehead atoms. The molecule has 0 N–H and O–H groups in total. The normalized spacial score (nSPS) is 29.0. The summed E-state index contributed by atoms with van der Waals surface area (Å²) in [7, 11) is 0. The monoisotopic (exact) mass is 357 g/mol. The number of aromatic nitrogens is 1. The van der Waals surface area contributed by atoms with Crippen molar-refractivity contribution < 1.29 is 14.3 Å². The molecule has 4 rings (SSSR count). The minimum absolute atomic E-state index is 0.0110. The molecule has 2 amide bonds. The van der Waals surface area contributed by atoms with Crippen molar-refractivity contribution in [1.29, 1.82) is 0 Å². The molecule has 3 aliphatic heterocycles. The van der Waals surface area contributed by atoms with Gasteiger partial charge in [0.05, 0.1) is 12.2 Å². The van der Waals surface area contributed by atoms with E-state index in [1.54, 1.807) is 19.2 Å². The van der Waals surface area contributed by atoms with E-state index in [9.17, 15) is 9.59 Å². The average Bonchev–Trinajstić information content (AvgIpc) is 2.94. The van der Waals surface area contributed by atoms with Gasteiger partial charge >= 0.3 is 0 Å². The molecule has 1 aromatic rings. The van der Waals surface area contributed by atoms with Gasteiger partial charge in [-0.3, -0.25) is 14.6 Å². The largest absolute Gasteiger partial charge is 0.375 e. The van der Waals surface area contributed by atoms with Gasteiger partial charge in [-0.1, -0.05) is 6.07 Å². The zero-order valence-corrected chi connectivity index (χ0v) is 15.3. The molecular formula is C20H27N3O3. The Bertz CT molecular complexity index is 644. The van der Waals surface area contributed by atoms with Crippen molar-refractivity contribution >= 4 is 11.8 Å². The third kappa shape index (κ3) is 3.47. The van der Waals surface area contributed by atoms with E-state index in [1.165, 1.54) is 0 Å². The predicted octanol–water partition coefficient (Wildman–Crippen LogP) is 2.24. The number of carbonyl (C=O) groups is 2. The van der Waals surface area contributed by atoms with Gasteiger partial charge in [-0.05, 0) is 50.7 Å². The van der Waals surface area contributed by atoms with E-state index in [1.807, 2.05) is 17.0 Å². The van der Waals surface area contributed by atoms with E-state index in [2.05, 4.69) is 9.88 Å². The molecule has 3 fully saturated rings. The smallest absolute Gasteiger partial charge is 0.272 e.